The van der Waals surface area contributed by atoms with Crippen LogP contribution in [-0.4, -0.2) is 27.6 Å². The fraction of sp³-hybridized carbons (Fsp3) is 0.0455. The molecule has 0 amide bonds. The number of hydrogen-bond donors (Lipinski definition) is 0. The van der Waals surface area contributed by atoms with E-state index in [0.29, 0.717) is 29.4 Å². The largest absolute Gasteiger partial charge is 0.489 e. The highest BCUT2D eigenvalue weighted by molar-refractivity contribution is 5.91. The average Bonchev–Trinajstić information content (AvgIpc) is 3.17. The van der Waals surface area contributed by atoms with E-state index >= 15 is 0 Å². The van der Waals surface area contributed by atoms with Crippen LogP contribution in [0, 0.1) is 0 Å². The number of carbonyl (C=O) groups is 1. The molecule has 0 bridgehead atoms. The lowest BCUT2D eigenvalue weighted by atomic mass is 10.2. The van der Waals surface area contributed by atoms with Gasteiger partial charge in [0.25, 0.3) is 0 Å². The zero-order valence-corrected chi connectivity index (χ0v) is 15.0. The van der Waals surface area contributed by atoms with Crippen molar-refractivity contribution in [3.8, 4) is 17.2 Å². The molecular weight excluding hydrogens is 354 g/mol. The number of nitrogens with zero attached hydrogens (tertiary/aromatic N) is 3. The molecule has 1 aromatic heterocycles. The Bertz CT molecular complexity index is 1100. The molecule has 0 radical (unpaired) electrons. The molecule has 0 unspecified atom stereocenters. The van der Waals surface area contributed by atoms with Crippen LogP contribution < -0.4 is 9.47 Å². The molecule has 0 saturated heterocycles. The number of esters is 1. The highest BCUT2D eigenvalue weighted by Crippen LogP contribution is 2.28. The second kappa shape index (κ2) is 7.75. The van der Waals surface area contributed by atoms with Gasteiger partial charge in [-0.05, 0) is 36.4 Å². The van der Waals surface area contributed by atoms with Gasteiger partial charge in [0.05, 0.1) is 5.56 Å². The van der Waals surface area contributed by atoms with Gasteiger partial charge in [-0.2, -0.15) is 0 Å². The van der Waals surface area contributed by atoms with Crippen LogP contribution in [0.5, 0.6) is 11.5 Å². The van der Waals surface area contributed by atoms with E-state index in [2.05, 4.69) is 16.8 Å². The highest BCUT2D eigenvalue weighted by Gasteiger charge is 2.16. The lowest BCUT2D eigenvalue weighted by Gasteiger charge is -2.11. The molecule has 0 N–H and O–H groups in total. The lowest BCUT2D eigenvalue weighted by Crippen LogP contribution is -2.11. The summed E-state index contributed by atoms with van der Waals surface area (Å²) in [5, 5.41) is 8.97. The second-order valence-electron chi connectivity index (χ2n) is 5.96. The normalized spacial score (nSPS) is 10.6. The Morgan fingerprint density at radius 3 is 2.32 bits per heavy atom. The van der Waals surface area contributed by atoms with Crippen molar-refractivity contribution in [3.63, 3.8) is 0 Å². The maximum atomic E-state index is 12.5. The minimum atomic E-state index is -0.460. The van der Waals surface area contributed by atoms with E-state index < -0.39 is 5.97 Å². The molecule has 28 heavy (non-hydrogen) atoms. The SMILES string of the molecule is C=CCOc1ccc(OC(=O)c2ccccc2)c(-n2nc3ccccc3n2)c1. The predicted octanol–water partition coefficient (Wildman–Crippen LogP) is 4.20. The van der Waals surface area contributed by atoms with Gasteiger partial charge in [-0.15, -0.1) is 15.0 Å². The van der Waals surface area contributed by atoms with Crippen LogP contribution >= 0.6 is 0 Å². The zero-order valence-electron chi connectivity index (χ0n) is 15.0. The standard InChI is InChI=1S/C22H17N3O3/c1-2-14-27-17-12-13-21(28-22(26)16-8-4-3-5-9-16)20(15-17)25-23-18-10-6-7-11-19(18)24-25/h2-13,15H,1,14H2. The number of ether oxygens (including phenoxy) is 2. The average molecular weight is 371 g/mol. The van der Waals surface area contributed by atoms with E-state index in [9.17, 15) is 4.79 Å². The molecule has 0 aliphatic rings. The van der Waals surface area contributed by atoms with E-state index in [-0.39, 0.29) is 0 Å². The predicted molar refractivity (Wildman–Crippen MR) is 106 cm³/mol. The summed E-state index contributed by atoms with van der Waals surface area (Å²) < 4.78 is 11.2. The van der Waals surface area contributed by atoms with E-state index in [1.807, 2.05) is 30.3 Å². The van der Waals surface area contributed by atoms with Crippen molar-refractivity contribution in [2.75, 3.05) is 6.61 Å². The van der Waals surface area contributed by atoms with Gasteiger partial charge in [-0.3, -0.25) is 0 Å². The van der Waals surface area contributed by atoms with Gasteiger partial charge in [0.15, 0.2) is 5.75 Å². The van der Waals surface area contributed by atoms with Gasteiger partial charge < -0.3 is 9.47 Å². The van der Waals surface area contributed by atoms with Crippen LogP contribution in [0.15, 0.2) is 85.5 Å². The fourth-order valence-corrected chi connectivity index (χ4v) is 2.69. The molecule has 6 nitrogen and oxygen atoms in total. The first-order valence-corrected chi connectivity index (χ1v) is 8.72. The number of fused-ring (bicyclic) bond motifs is 1. The summed E-state index contributed by atoms with van der Waals surface area (Å²) in [6, 6.07) is 21.4. The Morgan fingerprint density at radius 1 is 0.964 bits per heavy atom. The summed E-state index contributed by atoms with van der Waals surface area (Å²) in [6.07, 6.45) is 1.66. The monoisotopic (exact) mass is 371 g/mol. The summed E-state index contributed by atoms with van der Waals surface area (Å²) in [7, 11) is 0. The number of carbonyl (C=O) groups excluding carboxylic acids is 1. The molecule has 4 rings (SSSR count). The van der Waals surface area contributed by atoms with Crippen LogP contribution in [0.1, 0.15) is 10.4 Å². The summed E-state index contributed by atoms with van der Waals surface area (Å²) in [4.78, 5) is 14.0. The highest BCUT2D eigenvalue weighted by atomic mass is 16.5. The lowest BCUT2D eigenvalue weighted by molar-refractivity contribution is 0.0734. The van der Waals surface area contributed by atoms with E-state index in [0.717, 1.165) is 11.0 Å². The van der Waals surface area contributed by atoms with Gasteiger partial charge in [-0.1, -0.05) is 43.0 Å². The van der Waals surface area contributed by atoms with Crippen molar-refractivity contribution >= 4 is 17.0 Å². The molecule has 1 heterocycles. The number of rotatable bonds is 6. The summed E-state index contributed by atoms with van der Waals surface area (Å²) in [5.41, 5.74) is 2.43. The van der Waals surface area contributed by atoms with Gasteiger partial charge in [0.1, 0.15) is 29.1 Å². The first-order chi connectivity index (χ1) is 13.7. The first kappa shape index (κ1) is 17.5. The topological polar surface area (TPSA) is 66.2 Å². The third-order valence-corrected chi connectivity index (χ3v) is 4.01. The molecule has 138 valence electrons. The van der Waals surface area contributed by atoms with Crippen LogP contribution in [0.3, 0.4) is 0 Å². The van der Waals surface area contributed by atoms with Crippen LogP contribution in [0.2, 0.25) is 0 Å². The molecule has 0 spiro atoms. The van der Waals surface area contributed by atoms with Crippen LogP contribution in [0.25, 0.3) is 16.7 Å². The van der Waals surface area contributed by atoms with Crippen LogP contribution in [0.4, 0.5) is 0 Å². The Kier molecular flexibility index (Phi) is 4.84. The Balaban J connectivity index is 1.74. The third-order valence-electron chi connectivity index (χ3n) is 4.01. The van der Waals surface area contributed by atoms with Gasteiger partial charge in [-0.25, -0.2) is 4.79 Å². The Morgan fingerprint density at radius 2 is 1.64 bits per heavy atom. The Labute approximate surface area is 161 Å². The van der Waals surface area contributed by atoms with E-state index in [4.69, 9.17) is 9.47 Å². The molecule has 0 aliphatic heterocycles. The second-order valence-corrected chi connectivity index (χ2v) is 5.96. The number of aromatic nitrogens is 3. The summed E-state index contributed by atoms with van der Waals surface area (Å²) in [6.45, 7) is 4.01. The maximum absolute atomic E-state index is 12.5. The van der Waals surface area contributed by atoms with Crippen molar-refractivity contribution in [2.45, 2.75) is 0 Å². The van der Waals surface area contributed by atoms with Crippen molar-refractivity contribution < 1.29 is 14.3 Å². The minimum Gasteiger partial charge on any atom is -0.489 e. The molecule has 0 atom stereocenters. The maximum Gasteiger partial charge on any atom is 0.343 e. The molecule has 0 aliphatic carbocycles. The van der Waals surface area contributed by atoms with Crippen molar-refractivity contribution in [1.82, 2.24) is 15.0 Å². The molecule has 0 saturated carbocycles. The summed E-state index contributed by atoms with van der Waals surface area (Å²) in [5.74, 6) is 0.467. The van der Waals surface area contributed by atoms with E-state index in [1.165, 1.54) is 4.80 Å². The zero-order chi connectivity index (χ0) is 19.3. The van der Waals surface area contributed by atoms with Gasteiger partial charge >= 0.3 is 5.97 Å². The third kappa shape index (κ3) is 3.61. The molecular formula is C22H17N3O3. The molecule has 4 aromatic rings. The van der Waals surface area contributed by atoms with Crippen molar-refractivity contribution in [3.05, 3.63) is 91.0 Å². The van der Waals surface area contributed by atoms with Crippen molar-refractivity contribution in [2.24, 2.45) is 0 Å². The first-order valence-electron chi connectivity index (χ1n) is 8.72. The molecule has 6 heteroatoms. The molecule has 0 fully saturated rings. The van der Waals surface area contributed by atoms with E-state index in [1.54, 1.807) is 48.5 Å². The van der Waals surface area contributed by atoms with Crippen molar-refractivity contribution in [1.29, 1.82) is 0 Å². The number of benzene rings is 3. The van der Waals surface area contributed by atoms with Gasteiger partial charge in [0, 0.05) is 6.07 Å². The number of hydrogen-bond acceptors (Lipinski definition) is 5. The van der Waals surface area contributed by atoms with Gasteiger partial charge in [0.2, 0.25) is 0 Å². The quantitative estimate of drug-likeness (QED) is 0.289. The smallest absolute Gasteiger partial charge is 0.343 e. The fourth-order valence-electron chi connectivity index (χ4n) is 2.69. The Hall–Kier alpha value is -3.93. The van der Waals surface area contributed by atoms with Crippen LogP contribution in [-0.2, 0) is 0 Å². The molecule has 3 aromatic carbocycles. The minimum absolute atomic E-state index is 0.333. The summed E-state index contributed by atoms with van der Waals surface area (Å²) >= 11 is 0.